The van der Waals surface area contributed by atoms with Crippen molar-refractivity contribution in [3.8, 4) is 0 Å². The highest BCUT2D eigenvalue weighted by Crippen LogP contribution is 2.25. The fourth-order valence-electron chi connectivity index (χ4n) is 1.80. The van der Waals surface area contributed by atoms with Crippen molar-refractivity contribution in [2.75, 3.05) is 0 Å². The molecule has 0 radical (unpaired) electrons. The normalized spacial score (nSPS) is 12.7. The van der Waals surface area contributed by atoms with Crippen LogP contribution in [0.25, 0.3) is 0 Å². The molecule has 0 bridgehead atoms. The van der Waals surface area contributed by atoms with Gasteiger partial charge in [-0.05, 0) is 36.4 Å². The Morgan fingerprint density at radius 3 is 2.38 bits per heavy atom. The first-order valence-corrected chi connectivity index (χ1v) is 6.32. The van der Waals surface area contributed by atoms with E-state index in [2.05, 4.69) is 38.1 Å². The summed E-state index contributed by atoms with van der Waals surface area (Å²) in [6.45, 7) is 4.13. The molecule has 1 atom stereocenters. The largest absolute Gasteiger partial charge is 0.388 e. The van der Waals surface area contributed by atoms with Gasteiger partial charge in [-0.1, -0.05) is 29.8 Å². The molecule has 1 nitrogen and oxygen atoms in total. The Morgan fingerprint density at radius 1 is 1.12 bits per heavy atom. The van der Waals surface area contributed by atoms with Gasteiger partial charge in [0.25, 0.3) is 0 Å². The maximum Gasteiger partial charge on any atom is 0.0840 e. The Kier molecular flexibility index (Phi) is 3.42. The van der Waals surface area contributed by atoms with Crippen LogP contribution in [0.2, 0.25) is 0 Å². The van der Waals surface area contributed by atoms with Crippen LogP contribution in [-0.2, 0) is 6.42 Å². The molecule has 0 aliphatic rings. The minimum atomic E-state index is -0.381. The lowest BCUT2D eigenvalue weighted by Crippen LogP contribution is -2.01. The Bertz CT molecular complexity index is 456. The average Bonchev–Trinajstić information content (AvgIpc) is 2.68. The van der Waals surface area contributed by atoms with Crippen molar-refractivity contribution in [3.63, 3.8) is 0 Å². The van der Waals surface area contributed by atoms with Crippen LogP contribution in [0.1, 0.15) is 27.7 Å². The van der Waals surface area contributed by atoms with E-state index in [1.165, 1.54) is 16.0 Å². The number of thiophene rings is 1. The molecule has 1 aromatic carbocycles. The number of aliphatic hydroxyl groups excluding tert-OH is 1. The highest BCUT2D eigenvalue weighted by Gasteiger charge is 2.11. The van der Waals surface area contributed by atoms with E-state index in [-0.39, 0.29) is 6.10 Å². The smallest absolute Gasteiger partial charge is 0.0840 e. The summed E-state index contributed by atoms with van der Waals surface area (Å²) >= 11 is 1.69. The predicted molar refractivity (Wildman–Crippen MR) is 68.9 cm³/mol. The van der Waals surface area contributed by atoms with E-state index >= 15 is 0 Å². The van der Waals surface area contributed by atoms with Gasteiger partial charge in [0.05, 0.1) is 6.10 Å². The maximum absolute atomic E-state index is 10.1. The van der Waals surface area contributed by atoms with Gasteiger partial charge in [0.1, 0.15) is 0 Å². The molecular weight excluding hydrogens is 216 g/mol. The van der Waals surface area contributed by atoms with Crippen molar-refractivity contribution < 1.29 is 5.11 Å². The lowest BCUT2D eigenvalue weighted by Gasteiger charge is -2.10. The second-order valence-electron chi connectivity index (χ2n) is 4.14. The SMILES string of the molecule is Cc1ccc(CC(O)c2ccsc2C)cc1. The number of rotatable bonds is 3. The molecule has 1 unspecified atom stereocenters. The molecule has 0 spiro atoms. The quantitative estimate of drug-likeness (QED) is 0.856. The van der Waals surface area contributed by atoms with Crippen LogP contribution in [0, 0.1) is 13.8 Å². The van der Waals surface area contributed by atoms with Gasteiger partial charge in [0, 0.05) is 11.3 Å². The third kappa shape index (κ3) is 2.52. The summed E-state index contributed by atoms with van der Waals surface area (Å²) in [5.41, 5.74) is 3.50. The van der Waals surface area contributed by atoms with Crippen LogP contribution in [0.3, 0.4) is 0 Å². The molecule has 0 fully saturated rings. The third-order valence-corrected chi connectivity index (χ3v) is 3.67. The molecule has 0 saturated carbocycles. The molecule has 1 N–H and O–H groups in total. The topological polar surface area (TPSA) is 20.2 Å². The van der Waals surface area contributed by atoms with Gasteiger partial charge in [-0.2, -0.15) is 0 Å². The van der Waals surface area contributed by atoms with Gasteiger partial charge < -0.3 is 5.11 Å². The number of aryl methyl sites for hydroxylation is 2. The number of hydrogen-bond acceptors (Lipinski definition) is 2. The van der Waals surface area contributed by atoms with Crippen molar-refractivity contribution >= 4 is 11.3 Å². The molecule has 16 heavy (non-hydrogen) atoms. The van der Waals surface area contributed by atoms with Crippen molar-refractivity contribution in [3.05, 3.63) is 57.3 Å². The Labute approximate surface area is 100 Å². The summed E-state index contributed by atoms with van der Waals surface area (Å²) in [5, 5.41) is 12.2. The minimum absolute atomic E-state index is 0.381. The highest BCUT2D eigenvalue weighted by molar-refractivity contribution is 7.10. The van der Waals surface area contributed by atoms with E-state index in [1.807, 2.05) is 11.4 Å². The van der Waals surface area contributed by atoms with E-state index in [1.54, 1.807) is 11.3 Å². The lowest BCUT2D eigenvalue weighted by atomic mass is 10.0. The molecule has 2 heteroatoms. The zero-order chi connectivity index (χ0) is 11.5. The van der Waals surface area contributed by atoms with Gasteiger partial charge in [0.15, 0.2) is 0 Å². The van der Waals surface area contributed by atoms with Gasteiger partial charge in [-0.15, -0.1) is 11.3 Å². The van der Waals surface area contributed by atoms with E-state index < -0.39 is 0 Å². The fraction of sp³-hybridized carbons (Fsp3) is 0.286. The number of aliphatic hydroxyl groups is 1. The van der Waals surface area contributed by atoms with Gasteiger partial charge in [-0.25, -0.2) is 0 Å². The second-order valence-corrected chi connectivity index (χ2v) is 5.26. The summed E-state index contributed by atoms with van der Waals surface area (Å²) in [6, 6.07) is 10.4. The molecular formula is C14H16OS. The zero-order valence-corrected chi connectivity index (χ0v) is 10.4. The molecule has 2 aromatic rings. The van der Waals surface area contributed by atoms with Crippen molar-refractivity contribution in [2.24, 2.45) is 0 Å². The van der Waals surface area contributed by atoms with Crippen molar-refractivity contribution in [2.45, 2.75) is 26.4 Å². The Morgan fingerprint density at radius 2 is 1.81 bits per heavy atom. The highest BCUT2D eigenvalue weighted by atomic mass is 32.1. The van der Waals surface area contributed by atoms with Gasteiger partial charge in [0.2, 0.25) is 0 Å². The van der Waals surface area contributed by atoms with Crippen LogP contribution >= 0.6 is 11.3 Å². The second kappa shape index (κ2) is 4.81. The summed E-state index contributed by atoms with van der Waals surface area (Å²) < 4.78 is 0. The zero-order valence-electron chi connectivity index (χ0n) is 9.60. The van der Waals surface area contributed by atoms with Crippen LogP contribution in [0.5, 0.6) is 0 Å². The molecule has 1 heterocycles. The van der Waals surface area contributed by atoms with Crippen LogP contribution in [-0.4, -0.2) is 5.11 Å². The van der Waals surface area contributed by atoms with Crippen molar-refractivity contribution in [1.82, 2.24) is 0 Å². The number of hydrogen-bond donors (Lipinski definition) is 1. The fourth-order valence-corrected chi connectivity index (χ4v) is 2.56. The van der Waals surface area contributed by atoms with Crippen molar-refractivity contribution in [1.29, 1.82) is 0 Å². The van der Waals surface area contributed by atoms with E-state index in [9.17, 15) is 5.11 Å². The summed E-state index contributed by atoms with van der Waals surface area (Å²) in [6.07, 6.45) is 0.312. The molecule has 0 aliphatic carbocycles. The maximum atomic E-state index is 10.1. The van der Waals surface area contributed by atoms with E-state index in [0.717, 1.165) is 5.56 Å². The van der Waals surface area contributed by atoms with Crippen LogP contribution < -0.4 is 0 Å². The summed E-state index contributed by atoms with van der Waals surface area (Å²) in [4.78, 5) is 1.21. The Hall–Kier alpha value is -1.12. The van der Waals surface area contributed by atoms with Gasteiger partial charge >= 0.3 is 0 Å². The third-order valence-electron chi connectivity index (χ3n) is 2.81. The summed E-state index contributed by atoms with van der Waals surface area (Å²) in [5.74, 6) is 0. The molecule has 84 valence electrons. The first-order chi connectivity index (χ1) is 7.66. The van der Waals surface area contributed by atoms with E-state index in [4.69, 9.17) is 0 Å². The lowest BCUT2D eigenvalue weighted by molar-refractivity contribution is 0.178. The molecule has 0 aliphatic heterocycles. The van der Waals surface area contributed by atoms with Crippen LogP contribution in [0.4, 0.5) is 0 Å². The average molecular weight is 232 g/mol. The molecule has 0 amide bonds. The van der Waals surface area contributed by atoms with Gasteiger partial charge in [-0.3, -0.25) is 0 Å². The first-order valence-electron chi connectivity index (χ1n) is 5.44. The predicted octanol–water partition coefficient (Wildman–Crippen LogP) is 3.64. The molecule has 2 rings (SSSR count). The molecule has 1 aromatic heterocycles. The number of benzene rings is 1. The summed E-state index contributed by atoms with van der Waals surface area (Å²) in [7, 11) is 0. The Balaban J connectivity index is 2.10. The molecule has 0 saturated heterocycles. The first kappa shape index (κ1) is 11.4. The van der Waals surface area contributed by atoms with E-state index in [0.29, 0.717) is 6.42 Å². The monoisotopic (exact) mass is 232 g/mol. The standard InChI is InChI=1S/C14H16OS/c1-10-3-5-12(6-4-10)9-14(15)13-7-8-16-11(13)2/h3-8,14-15H,9H2,1-2H3. The minimum Gasteiger partial charge on any atom is -0.388 e. The van der Waals surface area contributed by atoms with Crippen LogP contribution in [0.15, 0.2) is 35.7 Å².